The maximum absolute atomic E-state index is 14.8. The van der Waals surface area contributed by atoms with Crippen molar-refractivity contribution < 1.29 is 31.8 Å². The van der Waals surface area contributed by atoms with E-state index in [1.54, 1.807) is 22.9 Å². The van der Waals surface area contributed by atoms with Crippen LogP contribution in [0.25, 0.3) is 10.9 Å². The largest absolute Gasteiger partial charge is 0.573 e. The maximum atomic E-state index is 14.8. The number of methoxy groups -OCH3 is 1. The highest BCUT2D eigenvalue weighted by atomic mass is 19.4. The van der Waals surface area contributed by atoms with Crippen molar-refractivity contribution in [2.24, 2.45) is 11.7 Å². The molecule has 1 amide bonds. The lowest BCUT2D eigenvalue weighted by Crippen LogP contribution is -2.46. The van der Waals surface area contributed by atoms with Crippen molar-refractivity contribution in [3.8, 4) is 5.75 Å². The summed E-state index contributed by atoms with van der Waals surface area (Å²) in [7, 11) is 1.50. The van der Waals surface area contributed by atoms with Gasteiger partial charge in [0.15, 0.2) is 5.75 Å². The molecule has 1 saturated heterocycles. The molecule has 1 aromatic heterocycles. The van der Waals surface area contributed by atoms with E-state index in [0.717, 1.165) is 24.8 Å². The van der Waals surface area contributed by atoms with Crippen molar-refractivity contribution >= 4 is 16.8 Å². The molecule has 204 valence electrons. The molecular formula is C28H31F4N3O3. The highest BCUT2D eigenvalue weighted by molar-refractivity contribution is 6.08. The lowest BCUT2D eigenvalue weighted by Gasteiger charge is -2.37. The molecule has 6 nitrogen and oxygen atoms in total. The van der Waals surface area contributed by atoms with Gasteiger partial charge in [0, 0.05) is 44.4 Å². The average Bonchev–Trinajstić information content (AvgIpc) is 3.49. The Hall–Kier alpha value is -3.11. The fourth-order valence-electron chi connectivity index (χ4n) is 6.25. The Morgan fingerprint density at radius 1 is 1.18 bits per heavy atom. The van der Waals surface area contributed by atoms with Gasteiger partial charge in [-0.1, -0.05) is 24.3 Å². The first-order valence-corrected chi connectivity index (χ1v) is 12.9. The SMILES string of the molecule is COCCn1cc(C(=O)N2CCCC3CC(c4cc(CN)ccc4F)CC32)c2cccc(OC(F)(F)F)c21. The molecule has 1 saturated carbocycles. The molecule has 0 spiro atoms. The monoisotopic (exact) mass is 533 g/mol. The number of para-hydroxylation sites is 1. The molecule has 2 N–H and O–H groups in total. The number of piperidine rings is 1. The number of hydrogen-bond acceptors (Lipinski definition) is 4. The van der Waals surface area contributed by atoms with Crippen LogP contribution in [-0.2, 0) is 17.8 Å². The number of nitrogens with zero attached hydrogens (tertiary/aromatic N) is 2. The van der Waals surface area contributed by atoms with Crippen molar-refractivity contribution in [1.82, 2.24) is 9.47 Å². The number of nitrogens with two attached hydrogens (primary N) is 1. The smallest absolute Gasteiger partial charge is 0.404 e. The van der Waals surface area contributed by atoms with E-state index in [1.165, 1.54) is 25.3 Å². The second-order valence-corrected chi connectivity index (χ2v) is 10.1. The van der Waals surface area contributed by atoms with Crippen LogP contribution in [0, 0.1) is 11.7 Å². The van der Waals surface area contributed by atoms with E-state index in [-0.39, 0.29) is 54.0 Å². The zero-order valence-electron chi connectivity index (χ0n) is 21.1. The van der Waals surface area contributed by atoms with E-state index in [0.29, 0.717) is 36.0 Å². The highest BCUT2D eigenvalue weighted by Crippen LogP contribution is 2.46. The van der Waals surface area contributed by atoms with Crippen LogP contribution in [0.4, 0.5) is 17.6 Å². The Morgan fingerprint density at radius 2 is 2.00 bits per heavy atom. The number of carbonyl (C=O) groups excluding carboxylic acids is 1. The van der Waals surface area contributed by atoms with Gasteiger partial charge in [0.05, 0.1) is 17.7 Å². The molecule has 2 aliphatic rings. The van der Waals surface area contributed by atoms with Crippen LogP contribution in [-0.4, -0.2) is 48.0 Å². The normalized spacial score (nSPS) is 21.6. The molecule has 1 aliphatic carbocycles. The summed E-state index contributed by atoms with van der Waals surface area (Å²) in [6.45, 7) is 1.37. The van der Waals surface area contributed by atoms with Gasteiger partial charge in [-0.2, -0.15) is 0 Å². The third-order valence-electron chi connectivity index (χ3n) is 7.88. The Bertz CT molecular complexity index is 1320. The van der Waals surface area contributed by atoms with E-state index in [1.807, 2.05) is 11.0 Å². The van der Waals surface area contributed by atoms with E-state index < -0.39 is 6.36 Å². The van der Waals surface area contributed by atoms with Crippen LogP contribution in [0.3, 0.4) is 0 Å². The summed E-state index contributed by atoms with van der Waals surface area (Å²) in [5, 5.41) is 0.395. The van der Waals surface area contributed by atoms with Gasteiger partial charge < -0.3 is 24.7 Å². The molecule has 5 rings (SSSR count). The zero-order chi connectivity index (χ0) is 27.0. The van der Waals surface area contributed by atoms with Crippen molar-refractivity contribution in [1.29, 1.82) is 0 Å². The molecule has 2 fully saturated rings. The number of likely N-dealkylation sites (tertiary alicyclic amines) is 1. The van der Waals surface area contributed by atoms with E-state index in [2.05, 4.69) is 4.74 Å². The summed E-state index contributed by atoms with van der Waals surface area (Å²) in [6, 6.07) is 9.24. The maximum Gasteiger partial charge on any atom is 0.573 e. The van der Waals surface area contributed by atoms with Crippen LogP contribution in [0.1, 0.15) is 53.1 Å². The Labute approximate surface area is 218 Å². The second kappa shape index (κ2) is 10.6. The number of aromatic nitrogens is 1. The minimum atomic E-state index is -4.87. The predicted octanol–water partition coefficient (Wildman–Crippen LogP) is 5.58. The summed E-state index contributed by atoms with van der Waals surface area (Å²) < 4.78 is 65.2. The first-order valence-electron chi connectivity index (χ1n) is 12.9. The number of hydrogen-bond donors (Lipinski definition) is 1. The summed E-state index contributed by atoms with van der Waals surface area (Å²) in [4.78, 5) is 15.8. The Balaban J connectivity index is 1.48. The van der Waals surface area contributed by atoms with Gasteiger partial charge in [-0.05, 0) is 60.8 Å². The van der Waals surface area contributed by atoms with Crippen molar-refractivity contribution in [2.75, 3.05) is 20.3 Å². The lowest BCUT2D eigenvalue weighted by atomic mass is 9.90. The zero-order valence-corrected chi connectivity index (χ0v) is 21.1. The minimum Gasteiger partial charge on any atom is -0.404 e. The first kappa shape index (κ1) is 26.5. The summed E-state index contributed by atoms with van der Waals surface area (Å²) >= 11 is 0. The molecule has 0 radical (unpaired) electrons. The number of carbonyl (C=O) groups is 1. The molecule has 3 atom stereocenters. The van der Waals surface area contributed by atoms with Gasteiger partial charge in [-0.25, -0.2) is 4.39 Å². The number of amides is 1. The molecular weight excluding hydrogens is 502 g/mol. The van der Waals surface area contributed by atoms with Crippen molar-refractivity contribution in [3.05, 3.63) is 65.1 Å². The predicted molar refractivity (Wildman–Crippen MR) is 134 cm³/mol. The quantitative estimate of drug-likeness (QED) is 0.403. The number of benzene rings is 2. The molecule has 3 unspecified atom stereocenters. The number of fused-ring (bicyclic) bond motifs is 2. The Kier molecular flexibility index (Phi) is 7.37. The average molecular weight is 534 g/mol. The summed E-state index contributed by atoms with van der Waals surface area (Å²) in [5.41, 5.74) is 7.80. The van der Waals surface area contributed by atoms with E-state index in [4.69, 9.17) is 10.5 Å². The molecule has 0 bridgehead atoms. The first-order chi connectivity index (χ1) is 18.2. The topological polar surface area (TPSA) is 69.7 Å². The Morgan fingerprint density at radius 3 is 2.74 bits per heavy atom. The van der Waals surface area contributed by atoms with Gasteiger partial charge >= 0.3 is 6.36 Å². The lowest BCUT2D eigenvalue weighted by molar-refractivity contribution is -0.274. The standard InChI is InChI=1S/C28H31F4N3O3/c1-37-11-10-34-16-22(20-5-2-6-25(26(20)34)38-28(30,31)32)27(36)35-9-3-4-18-13-19(14-24(18)35)21-12-17(15-33)7-8-23(21)29/h2,5-8,12,16,18-19,24H,3-4,9-11,13-15,33H2,1H3. The highest BCUT2D eigenvalue weighted by Gasteiger charge is 2.43. The number of halogens is 4. The fraction of sp³-hybridized carbons (Fsp3) is 0.464. The molecule has 1 aliphatic heterocycles. The van der Waals surface area contributed by atoms with Gasteiger partial charge in [-0.15, -0.1) is 13.2 Å². The second-order valence-electron chi connectivity index (χ2n) is 10.1. The molecule has 2 heterocycles. The summed E-state index contributed by atoms with van der Waals surface area (Å²) in [6.07, 6.45) is -0.109. The summed E-state index contributed by atoms with van der Waals surface area (Å²) in [5.74, 6) is -0.661. The van der Waals surface area contributed by atoms with Crippen LogP contribution in [0.2, 0.25) is 0 Å². The van der Waals surface area contributed by atoms with E-state index >= 15 is 0 Å². The molecule has 3 aromatic rings. The van der Waals surface area contributed by atoms with Crippen LogP contribution < -0.4 is 10.5 Å². The van der Waals surface area contributed by atoms with Gasteiger partial charge in [0.25, 0.3) is 5.91 Å². The van der Waals surface area contributed by atoms with Gasteiger partial charge in [0.2, 0.25) is 0 Å². The minimum absolute atomic E-state index is 0.0280. The van der Waals surface area contributed by atoms with Gasteiger partial charge in [-0.3, -0.25) is 4.79 Å². The number of ether oxygens (including phenoxy) is 2. The molecule has 10 heteroatoms. The fourth-order valence-corrected chi connectivity index (χ4v) is 6.25. The number of rotatable bonds is 7. The van der Waals surface area contributed by atoms with Crippen molar-refractivity contribution in [3.63, 3.8) is 0 Å². The van der Waals surface area contributed by atoms with Gasteiger partial charge in [0.1, 0.15) is 5.82 Å². The molecule has 2 aromatic carbocycles. The van der Waals surface area contributed by atoms with Crippen molar-refractivity contribution in [2.45, 2.75) is 57.1 Å². The third-order valence-corrected chi connectivity index (χ3v) is 7.88. The molecule has 38 heavy (non-hydrogen) atoms. The van der Waals surface area contributed by atoms with E-state index in [9.17, 15) is 22.4 Å². The number of alkyl halides is 3. The van der Waals surface area contributed by atoms with Crippen LogP contribution in [0.5, 0.6) is 5.75 Å². The third kappa shape index (κ3) is 5.11. The van der Waals surface area contributed by atoms with Crippen LogP contribution in [0.15, 0.2) is 42.6 Å². The van der Waals surface area contributed by atoms with Crippen LogP contribution >= 0.6 is 0 Å².